The van der Waals surface area contributed by atoms with E-state index >= 15 is 0 Å². The third-order valence-electron chi connectivity index (χ3n) is 1.86. The highest BCUT2D eigenvalue weighted by molar-refractivity contribution is 14.1. The molecule has 0 bridgehead atoms. The fourth-order valence-corrected chi connectivity index (χ4v) is 1.39. The van der Waals surface area contributed by atoms with Crippen LogP contribution in [-0.2, 0) is 0 Å². The van der Waals surface area contributed by atoms with E-state index in [2.05, 4.69) is 51.7 Å². The number of nitrogens with zero attached hydrogens (tertiary/aromatic N) is 2. The number of rotatable bonds is 5. The zero-order valence-electron chi connectivity index (χ0n) is 8.63. The van der Waals surface area contributed by atoms with Crippen molar-refractivity contribution >= 4 is 28.5 Å². The van der Waals surface area contributed by atoms with Gasteiger partial charge in [0.25, 0.3) is 0 Å². The van der Waals surface area contributed by atoms with Gasteiger partial charge in [-0.25, -0.2) is 9.97 Å². The van der Waals surface area contributed by atoms with Gasteiger partial charge in [0.2, 0.25) is 5.95 Å². The Labute approximate surface area is 98.9 Å². The molecule has 0 saturated carbocycles. The number of anilines is 1. The summed E-state index contributed by atoms with van der Waals surface area (Å²) < 4.78 is 1.07. The molecular weight excluding hydrogens is 289 g/mol. The Bertz CT molecular complexity index is 259. The lowest BCUT2D eigenvalue weighted by molar-refractivity contribution is 0.566. The highest BCUT2D eigenvalue weighted by atomic mass is 127. The lowest BCUT2D eigenvalue weighted by Gasteiger charge is -2.05. The van der Waals surface area contributed by atoms with Crippen LogP contribution in [0.2, 0.25) is 0 Å². The fraction of sp³-hybridized carbons (Fsp3) is 0.600. The molecule has 1 aromatic rings. The van der Waals surface area contributed by atoms with Crippen molar-refractivity contribution in [2.75, 3.05) is 11.9 Å². The molecule has 1 N–H and O–H groups in total. The highest BCUT2D eigenvalue weighted by Crippen LogP contribution is 2.05. The molecular formula is C10H16IN3. The molecule has 0 radical (unpaired) electrons. The number of nitrogens with one attached hydrogen (secondary N) is 1. The summed E-state index contributed by atoms with van der Waals surface area (Å²) in [5, 5.41) is 3.20. The summed E-state index contributed by atoms with van der Waals surface area (Å²) in [5.74, 6) is 1.50. The summed E-state index contributed by atoms with van der Waals surface area (Å²) in [6, 6.07) is 0. The first-order valence-electron chi connectivity index (χ1n) is 4.90. The second kappa shape index (κ2) is 6.16. The molecule has 3 nitrogen and oxygen atoms in total. The van der Waals surface area contributed by atoms with Gasteiger partial charge in [0.05, 0.1) is 0 Å². The Morgan fingerprint density at radius 1 is 1.36 bits per heavy atom. The summed E-state index contributed by atoms with van der Waals surface area (Å²) in [6.07, 6.45) is 6.06. The molecule has 0 aliphatic rings. The van der Waals surface area contributed by atoms with Crippen LogP contribution < -0.4 is 5.32 Å². The Morgan fingerprint density at radius 2 is 2.00 bits per heavy atom. The van der Waals surface area contributed by atoms with Crippen LogP contribution in [-0.4, -0.2) is 16.5 Å². The normalized spacial score (nSPS) is 10.6. The van der Waals surface area contributed by atoms with E-state index in [9.17, 15) is 0 Å². The van der Waals surface area contributed by atoms with Crippen LogP contribution >= 0.6 is 22.6 Å². The molecule has 0 aromatic carbocycles. The van der Waals surface area contributed by atoms with Crippen LogP contribution in [0, 0.1) is 9.49 Å². The maximum atomic E-state index is 4.17. The predicted octanol–water partition coefficient (Wildman–Crippen LogP) is 2.93. The molecule has 1 aromatic heterocycles. The standard InChI is InChI=1S/C10H16IN3/c1-8(2)4-3-5-12-10-13-6-9(11)7-14-10/h6-8H,3-5H2,1-2H3,(H,12,13,14). The fourth-order valence-electron chi connectivity index (χ4n) is 1.11. The Hall–Kier alpha value is -0.390. The summed E-state index contributed by atoms with van der Waals surface area (Å²) in [7, 11) is 0. The summed E-state index contributed by atoms with van der Waals surface area (Å²) >= 11 is 2.20. The smallest absolute Gasteiger partial charge is 0.222 e. The second-order valence-corrected chi connectivity index (χ2v) is 4.93. The third kappa shape index (κ3) is 4.74. The number of halogens is 1. The van der Waals surface area contributed by atoms with E-state index < -0.39 is 0 Å². The lowest BCUT2D eigenvalue weighted by Crippen LogP contribution is -2.06. The molecule has 0 spiro atoms. The predicted molar refractivity (Wildman–Crippen MR) is 67.3 cm³/mol. The minimum atomic E-state index is 0.731. The van der Waals surface area contributed by atoms with E-state index in [1.807, 2.05) is 12.4 Å². The van der Waals surface area contributed by atoms with Gasteiger partial charge in [0.15, 0.2) is 0 Å². The second-order valence-electron chi connectivity index (χ2n) is 3.69. The SMILES string of the molecule is CC(C)CCCNc1ncc(I)cn1. The molecule has 1 heterocycles. The molecule has 78 valence electrons. The van der Waals surface area contributed by atoms with Crippen LogP contribution in [0.4, 0.5) is 5.95 Å². The van der Waals surface area contributed by atoms with E-state index in [4.69, 9.17) is 0 Å². The van der Waals surface area contributed by atoms with Crippen molar-refractivity contribution in [3.05, 3.63) is 16.0 Å². The van der Waals surface area contributed by atoms with Crippen molar-refractivity contribution in [1.29, 1.82) is 0 Å². The van der Waals surface area contributed by atoms with E-state index in [-0.39, 0.29) is 0 Å². The number of hydrogen-bond donors (Lipinski definition) is 1. The maximum Gasteiger partial charge on any atom is 0.222 e. The number of aromatic nitrogens is 2. The molecule has 0 amide bonds. The van der Waals surface area contributed by atoms with Crippen LogP contribution in [0.15, 0.2) is 12.4 Å². The molecule has 0 fully saturated rings. The largest absolute Gasteiger partial charge is 0.354 e. The maximum absolute atomic E-state index is 4.17. The van der Waals surface area contributed by atoms with E-state index in [0.29, 0.717) is 0 Å². The monoisotopic (exact) mass is 305 g/mol. The van der Waals surface area contributed by atoms with Gasteiger partial charge in [-0.05, 0) is 41.4 Å². The average Bonchev–Trinajstić information content (AvgIpc) is 2.15. The van der Waals surface area contributed by atoms with E-state index in [0.717, 1.165) is 22.0 Å². The Kier molecular flexibility index (Phi) is 5.14. The lowest BCUT2D eigenvalue weighted by atomic mass is 10.1. The highest BCUT2D eigenvalue weighted by Gasteiger charge is 1.96. The zero-order chi connectivity index (χ0) is 10.4. The van der Waals surface area contributed by atoms with Gasteiger partial charge in [0.1, 0.15) is 0 Å². The summed E-state index contributed by atoms with van der Waals surface area (Å²) in [4.78, 5) is 8.33. The molecule has 4 heteroatoms. The molecule has 0 aliphatic heterocycles. The minimum Gasteiger partial charge on any atom is -0.354 e. The van der Waals surface area contributed by atoms with Crippen LogP contribution in [0.3, 0.4) is 0 Å². The molecule has 14 heavy (non-hydrogen) atoms. The van der Waals surface area contributed by atoms with Gasteiger partial charge in [-0.15, -0.1) is 0 Å². The van der Waals surface area contributed by atoms with Gasteiger partial charge >= 0.3 is 0 Å². The van der Waals surface area contributed by atoms with Crippen molar-refractivity contribution < 1.29 is 0 Å². The van der Waals surface area contributed by atoms with Gasteiger partial charge in [-0.1, -0.05) is 13.8 Å². The number of hydrogen-bond acceptors (Lipinski definition) is 3. The molecule has 0 saturated heterocycles. The van der Waals surface area contributed by atoms with Crippen LogP contribution in [0.25, 0.3) is 0 Å². The topological polar surface area (TPSA) is 37.8 Å². The summed E-state index contributed by atoms with van der Waals surface area (Å²) in [5.41, 5.74) is 0. The van der Waals surface area contributed by atoms with Crippen molar-refractivity contribution in [1.82, 2.24) is 9.97 Å². The summed E-state index contributed by atoms with van der Waals surface area (Å²) in [6.45, 7) is 5.43. The van der Waals surface area contributed by atoms with Crippen molar-refractivity contribution in [2.24, 2.45) is 5.92 Å². The van der Waals surface area contributed by atoms with Gasteiger partial charge < -0.3 is 5.32 Å². The molecule has 0 unspecified atom stereocenters. The van der Waals surface area contributed by atoms with E-state index in [1.54, 1.807) is 0 Å². The van der Waals surface area contributed by atoms with Crippen LogP contribution in [0.1, 0.15) is 26.7 Å². The zero-order valence-corrected chi connectivity index (χ0v) is 10.8. The molecule has 0 atom stereocenters. The van der Waals surface area contributed by atoms with Crippen LogP contribution in [0.5, 0.6) is 0 Å². The molecule has 0 aliphatic carbocycles. The first-order valence-corrected chi connectivity index (χ1v) is 5.98. The molecule has 1 rings (SSSR count). The minimum absolute atomic E-state index is 0.731. The first-order chi connectivity index (χ1) is 6.68. The Balaban J connectivity index is 2.21. The van der Waals surface area contributed by atoms with E-state index in [1.165, 1.54) is 12.8 Å². The van der Waals surface area contributed by atoms with Gasteiger partial charge in [-0.2, -0.15) is 0 Å². The van der Waals surface area contributed by atoms with Crippen molar-refractivity contribution in [3.8, 4) is 0 Å². The first kappa shape index (κ1) is 11.7. The average molecular weight is 305 g/mol. The van der Waals surface area contributed by atoms with Crippen molar-refractivity contribution in [3.63, 3.8) is 0 Å². The quantitative estimate of drug-likeness (QED) is 0.671. The van der Waals surface area contributed by atoms with Gasteiger partial charge in [-0.3, -0.25) is 0 Å². The van der Waals surface area contributed by atoms with Crippen molar-refractivity contribution in [2.45, 2.75) is 26.7 Å². The van der Waals surface area contributed by atoms with Gasteiger partial charge in [0, 0.05) is 22.5 Å². The Morgan fingerprint density at radius 3 is 2.57 bits per heavy atom. The third-order valence-corrected chi connectivity index (χ3v) is 2.42.